The van der Waals surface area contributed by atoms with E-state index < -0.39 is 23.9 Å². The summed E-state index contributed by atoms with van der Waals surface area (Å²) < 4.78 is 11.8. The van der Waals surface area contributed by atoms with Crippen LogP contribution < -0.4 is 14.8 Å². The highest BCUT2D eigenvalue weighted by Gasteiger charge is 2.65. The first kappa shape index (κ1) is 26.9. The SMILES string of the molecule is CC(C)[C@H](NC(=O)CCC(=O)O)C(=O)O.COc1ccc2c3c1O[C@H]1C(=O)CC[C@H]4[C@@H](C2)N(C)CC[C@]314. The van der Waals surface area contributed by atoms with Crippen LogP contribution in [0.5, 0.6) is 11.5 Å². The number of carboxylic acids is 2. The smallest absolute Gasteiger partial charge is 0.326 e. The molecule has 1 aromatic carbocycles. The minimum Gasteiger partial charge on any atom is -0.493 e. The number of methoxy groups -OCH3 is 1. The summed E-state index contributed by atoms with van der Waals surface area (Å²) in [6.07, 6.45) is 2.97. The molecule has 2 aliphatic carbocycles. The molecule has 4 aliphatic rings. The number of amides is 1. The molecule has 202 valence electrons. The summed E-state index contributed by atoms with van der Waals surface area (Å²) in [6, 6.07) is 3.76. The van der Waals surface area contributed by atoms with Gasteiger partial charge < -0.3 is 29.9 Å². The highest BCUT2D eigenvalue weighted by molar-refractivity contribution is 5.89. The van der Waals surface area contributed by atoms with Crippen molar-refractivity contribution >= 4 is 23.6 Å². The fourth-order valence-electron chi connectivity index (χ4n) is 6.65. The average molecular weight is 517 g/mol. The Morgan fingerprint density at radius 2 is 1.97 bits per heavy atom. The van der Waals surface area contributed by atoms with Gasteiger partial charge in [0.05, 0.1) is 13.5 Å². The second-order valence-electron chi connectivity index (χ2n) is 10.8. The Bertz CT molecular complexity index is 1100. The predicted molar refractivity (Wildman–Crippen MR) is 133 cm³/mol. The van der Waals surface area contributed by atoms with Crippen molar-refractivity contribution in [2.24, 2.45) is 11.8 Å². The molecule has 0 aromatic heterocycles. The lowest BCUT2D eigenvalue weighted by Crippen LogP contribution is -2.65. The summed E-state index contributed by atoms with van der Waals surface area (Å²) in [5, 5.41) is 19.3. The van der Waals surface area contributed by atoms with Crippen LogP contribution in [0.15, 0.2) is 12.1 Å². The molecule has 1 spiro atoms. The number of ketones is 1. The molecular formula is C27H36N2O8. The highest BCUT2D eigenvalue weighted by atomic mass is 16.5. The van der Waals surface area contributed by atoms with Gasteiger partial charge in [0.2, 0.25) is 5.91 Å². The van der Waals surface area contributed by atoms with E-state index in [-0.39, 0.29) is 36.1 Å². The number of likely N-dealkylation sites (tertiary alicyclic amines) is 1. The van der Waals surface area contributed by atoms with Crippen LogP contribution in [0.1, 0.15) is 57.1 Å². The normalized spacial score (nSPS) is 27.8. The van der Waals surface area contributed by atoms with Gasteiger partial charge in [0.1, 0.15) is 6.04 Å². The minimum atomic E-state index is -1.12. The molecule has 1 saturated carbocycles. The second-order valence-corrected chi connectivity index (χ2v) is 10.8. The van der Waals surface area contributed by atoms with Crippen LogP contribution >= 0.6 is 0 Å². The molecule has 10 heteroatoms. The van der Waals surface area contributed by atoms with E-state index in [1.54, 1.807) is 21.0 Å². The Balaban J connectivity index is 0.000000190. The van der Waals surface area contributed by atoms with Crippen LogP contribution in [0, 0.1) is 11.8 Å². The lowest BCUT2D eigenvalue weighted by Gasteiger charge is -2.57. The van der Waals surface area contributed by atoms with Gasteiger partial charge in [-0.25, -0.2) is 4.79 Å². The number of nitrogens with zero attached hydrogens (tertiary/aromatic N) is 1. The van der Waals surface area contributed by atoms with Crippen molar-refractivity contribution in [3.05, 3.63) is 23.3 Å². The van der Waals surface area contributed by atoms with Crippen LogP contribution in [0.4, 0.5) is 0 Å². The van der Waals surface area contributed by atoms with Gasteiger partial charge in [-0.15, -0.1) is 0 Å². The lowest BCUT2D eigenvalue weighted by atomic mass is 9.52. The number of hydrogen-bond donors (Lipinski definition) is 3. The Kier molecular flexibility index (Phi) is 7.50. The van der Waals surface area contributed by atoms with Crippen molar-refractivity contribution in [3.63, 3.8) is 0 Å². The molecule has 10 nitrogen and oxygen atoms in total. The second kappa shape index (κ2) is 10.3. The van der Waals surface area contributed by atoms with Crippen molar-refractivity contribution in [2.75, 3.05) is 20.7 Å². The third-order valence-electron chi connectivity index (χ3n) is 8.41. The van der Waals surface area contributed by atoms with Crippen LogP contribution in [0.2, 0.25) is 0 Å². The van der Waals surface area contributed by atoms with E-state index in [4.69, 9.17) is 19.7 Å². The first-order chi connectivity index (χ1) is 17.5. The van der Waals surface area contributed by atoms with Crippen molar-refractivity contribution in [1.82, 2.24) is 10.2 Å². The molecule has 3 N–H and O–H groups in total. The van der Waals surface area contributed by atoms with Gasteiger partial charge in [-0.1, -0.05) is 19.9 Å². The Morgan fingerprint density at radius 3 is 2.59 bits per heavy atom. The third-order valence-corrected chi connectivity index (χ3v) is 8.41. The Morgan fingerprint density at radius 1 is 1.24 bits per heavy atom. The maximum absolute atomic E-state index is 12.6. The summed E-state index contributed by atoms with van der Waals surface area (Å²) in [4.78, 5) is 47.1. The molecular weight excluding hydrogens is 480 g/mol. The first-order valence-corrected chi connectivity index (χ1v) is 12.8. The number of rotatable bonds is 7. The maximum atomic E-state index is 12.6. The third kappa shape index (κ3) is 4.67. The molecule has 37 heavy (non-hydrogen) atoms. The number of likely N-dealkylation sites (N-methyl/N-ethyl adjacent to an activating group) is 1. The summed E-state index contributed by atoms with van der Waals surface area (Å²) in [7, 11) is 3.91. The molecule has 2 fully saturated rings. The summed E-state index contributed by atoms with van der Waals surface area (Å²) >= 11 is 0. The number of hydrogen-bond acceptors (Lipinski definition) is 7. The van der Waals surface area contributed by atoms with Crippen molar-refractivity contribution in [2.45, 2.75) is 76.0 Å². The Labute approximate surface area is 216 Å². The van der Waals surface area contributed by atoms with E-state index in [0.717, 1.165) is 37.3 Å². The quantitative estimate of drug-likeness (QED) is 0.496. The topological polar surface area (TPSA) is 142 Å². The van der Waals surface area contributed by atoms with Crippen LogP contribution in [-0.4, -0.2) is 77.6 Å². The predicted octanol–water partition coefficient (Wildman–Crippen LogP) is 2.01. The summed E-state index contributed by atoms with van der Waals surface area (Å²) in [6.45, 7) is 4.37. The Hall–Kier alpha value is -3.14. The fraction of sp³-hybridized carbons (Fsp3) is 0.630. The first-order valence-electron chi connectivity index (χ1n) is 12.8. The number of carboxylic acid groups (broad SMARTS) is 2. The number of benzene rings is 1. The van der Waals surface area contributed by atoms with Crippen LogP contribution in [0.25, 0.3) is 0 Å². The molecule has 5 atom stereocenters. The molecule has 0 radical (unpaired) electrons. The van der Waals surface area contributed by atoms with Crippen molar-refractivity contribution in [1.29, 1.82) is 0 Å². The van der Waals surface area contributed by atoms with E-state index in [0.29, 0.717) is 18.4 Å². The highest BCUT2D eigenvalue weighted by Crippen LogP contribution is 2.63. The summed E-state index contributed by atoms with van der Waals surface area (Å²) in [5.41, 5.74) is 2.57. The number of Topliss-reactive ketones (excluding diaryl/α,β-unsaturated/α-hetero) is 1. The lowest BCUT2D eigenvalue weighted by molar-refractivity contribution is -0.143. The maximum Gasteiger partial charge on any atom is 0.326 e. The molecule has 1 amide bonds. The molecule has 5 rings (SSSR count). The van der Waals surface area contributed by atoms with E-state index in [1.165, 1.54) is 11.1 Å². The summed E-state index contributed by atoms with van der Waals surface area (Å²) in [5.74, 6) is -0.537. The van der Waals surface area contributed by atoms with E-state index in [2.05, 4.69) is 23.3 Å². The zero-order valence-electron chi connectivity index (χ0n) is 21.8. The number of carbonyl (C=O) groups excluding carboxylic acids is 2. The zero-order chi connectivity index (χ0) is 27.1. The molecule has 1 aromatic rings. The standard InChI is InChI=1S/C18H21NO3.C9H15NO5/c1-19-8-7-18-11-4-5-13(20)17(18)22-16-14(21-2)6-3-10(15(16)18)9-12(11)19;1-5(2)8(9(14)15)10-6(11)3-4-7(12)13/h3,6,11-12,17H,4-5,7-9H2,1-2H3;5,8H,3-4H2,1-2H3,(H,10,11)(H,12,13)(H,14,15)/t11-,12+,17-,18-;8-/m00/s1. The monoisotopic (exact) mass is 516 g/mol. The molecule has 2 aliphatic heterocycles. The van der Waals surface area contributed by atoms with Gasteiger partial charge in [0.15, 0.2) is 23.4 Å². The number of aliphatic carboxylic acids is 2. The molecule has 1 saturated heterocycles. The molecule has 2 bridgehead atoms. The van der Waals surface area contributed by atoms with Gasteiger partial charge in [0, 0.05) is 29.9 Å². The van der Waals surface area contributed by atoms with Gasteiger partial charge in [-0.05, 0) is 56.3 Å². The van der Waals surface area contributed by atoms with Crippen LogP contribution in [-0.2, 0) is 31.0 Å². The molecule has 2 heterocycles. The zero-order valence-corrected chi connectivity index (χ0v) is 21.8. The number of piperidine rings is 1. The van der Waals surface area contributed by atoms with Crippen LogP contribution in [0.3, 0.4) is 0 Å². The van der Waals surface area contributed by atoms with Gasteiger partial charge in [-0.3, -0.25) is 14.4 Å². The van der Waals surface area contributed by atoms with E-state index in [1.807, 2.05) is 6.07 Å². The minimum absolute atomic E-state index is 0.0933. The molecule has 0 unspecified atom stereocenters. The van der Waals surface area contributed by atoms with Gasteiger partial charge >= 0.3 is 11.9 Å². The average Bonchev–Trinajstić information content (AvgIpc) is 3.20. The number of carbonyl (C=O) groups is 4. The van der Waals surface area contributed by atoms with Gasteiger partial charge in [0.25, 0.3) is 0 Å². The van der Waals surface area contributed by atoms with E-state index >= 15 is 0 Å². The van der Waals surface area contributed by atoms with Gasteiger partial charge in [-0.2, -0.15) is 0 Å². The fourth-order valence-corrected chi connectivity index (χ4v) is 6.65. The largest absolute Gasteiger partial charge is 0.493 e. The van der Waals surface area contributed by atoms with Crippen molar-refractivity contribution < 1.29 is 38.9 Å². The van der Waals surface area contributed by atoms with Crippen molar-refractivity contribution in [3.8, 4) is 11.5 Å². The number of nitrogens with one attached hydrogen (secondary N) is 1. The number of ether oxygens (including phenoxy) is 2. The van der Waals surface area contributed by atoms with E-state index in [9.17, 15) is 19.2 Å².